The molecule has 0 radical (unpaired) electrons. The lowest BCUT2D eigenvalue weighted by Crippen LogP contribution is -2.38. The fourth-order valence-corrected chi connectivity index (χ4v) is 4.36. The summed E-state index contributed by atoms with van der Waals surface area (Å²) in [7, 11) is 1.64. The molecule has 0 aliphatic carbocycles. The maximum absolute atomic E-state index is 13.3. The lowest BCUT2D eigenvalue weighted by molar-refractivity contribution is 0.0361. The molecule has 1 N–H and O–H groups in total. The van der Waals surface area contributed by atoms with Crippen molar-refractivity contribution in [3.63, 3.8) is 0 Å². The maximum Gasteiger partial charge on any atom is 0.276 e. The van der Waals surface area contributed by atoms with Crippen LogP contribution in [0.5, 0.6) is 5.75 Å². The fraction of sp³-hybridized carbons (Fsp3) is 0.259. The molecule has 174 valence electrons. The zero-order valence-corrected chi connectivity index (χ0v) is 19.2. The van der Waals surface area contributed by atoms with Gasteiger partial charge in [-0.1, -0.05) is 54.6 Å². The highest BCUT2D eigenvalue weighted by atomic mass is 16.5. The second-order valence-corrected chi connectivity index (χ2v) is 8.28. The van der Waals surface area contributed by atoms with Gasteiger partial charge in [0, 0.05) is 30.7 Å². The summed E-state index contributed by atoms with van der Waals surface area (Å²) in [4.78, 5) is 15.7. The van der Waals surface area contributed by atoms with Crippen LogP contribution in [0.1, 0.15) is 10.5 Å². The Bertz CT molecular complexity index is 1280. The van der Waals surface area contributed by atoms with E-state index in [2.05, 4.69) is 22.3 Å². The van der Waals surface area contributed by atoms with Crippen LogP contribution >= 0.6 is 0 Å². The van der Waals surface area contributed by atoms with Gasteiger partial charge in [0.05, 0.1) is 26.9 Å². The van der Waals surface area contributed by atoms with Crippen LogP contribution in [-0.4, -0.2) is 60.5 Å². The SMILES string of the molecule is COc1cccc2c(C(=O)Nc3cccc(-c4ccccc4)c3)nn(CCN3CCOCC3)c12. The van der Waals surface area contributed by atoms with Gasteiger partial charge in [-0.25, -0.2) is 0 Å². The molecule has 1 fully saturated rings. The van der Waals surface area contributed by atoms with E-state index >= 15 is 0 Å². The third-order valence-corrected chi connectivity index (χ3v) is 6.13. The number of fused-ring (bicyclic) bond motifs is 1. The molecule has 3 aromatic carbocycles. The van der Waals surface area contributed by atoms with Crippen LogP contribution in [0.4, 0.5) is 5.69 Å². The average Bonchev–Trinajstić information content (AvgIpc) is 3.28. The summed E-state index contributed by atoms with van der Waals surface area (Å²) in [5.41, 5.74) is 4.09. The Morgan fingerprint density at radius 1 is 0.971 bits per heavy atom. The number of anilines is 1. The molecule has 1 aliphatic heterocycles. The highest BCUT2D eigenvalue weighted by molar-refractivity contribution is 6.12. The summed E-state index contributed by atoms with van der Waals surface area (Å²) in [6.45, 7) is 4.80. The number of hydrogen-bond donors (Lipinski definition) is 1. The summed E-state index contributed by atoms with van der Waals surface area (Å²) in [6.07, 6.45) is 0. The van der Waals surface area contributed by atoms with Crippen molar-refractivity contribution in [3.05, 3.63) is 78.5 Å². The number of hydrogen-bond acceptors (Lipinski definition) is 5. The van der Waals surface area contributed by atoms with Gasteiger partial charge in [0.2, 0.25) is 0 Å². The summed E-state index contributed by atoms with van der Waals surface area (Å²) >= 11 is 0. The van der Waals surface area contributed by atoms with E-state index in [-0.39, 0.29) is 5.91 Å². The minimum absolute atomic E-state index is 0.242. The van der Waals surface area contributed by atoms with Crippen LogP contribution in [0.2, 0.25) is 0 Å². The number of nitrogens with one attached hydrogen (secondary N) is 1. The lowest BCUT2D eigenvalue weighted by Gasteiger charge is -2.26. The van der Waals surface area contributed by atoms with E-state index < -0.39 is 0 Å². The van der Waals surface area contributed by atoms with Crippen molar-refractivity contribution in [1.82, 2.24) is 14.7 Å². The normalized spacial score (nSPS) is 14.3. The molecule has 0 atom stereocenters. The van der Waals surface area contributed by atoms with Crippen LogP contribution in [0, 0.1) is 0 Å². The third-order valence-electron chi connectivity index (χ3n) is 6.13. The third kappa shape index (κ3) is 4.66. The average molecular weight is 457 g/mol. The van der Waals surface area contributed by atoms with E-state index in [1.54, 1.807) is 7.11 Å². The van der Waals surface area contributed by atoms with Gasteiger partial charge in [-0.05, 0) is 29.3 Å². The lowest BCUT2D eigenvalue weighted by atomic mass is 10.1. The number of morpholine rings is 1. The molecule has 0 unspecified atom stereocenters. The molecule has 2 heterocycles. The Kier molecular flexibility index (Phi) is 6.56. The number of rotatable bonds is 7. The monoisotopic (exact) mass is 456 g/mol. The smallest absolute Gasteiger partial charge is 0.276 e. The number of carbonyl (C=O) groups excluding carboxylic acids is 1. The Hall–Kier alpha value is -3.68. The van der Waals surface area contributed by atoms with Crippen LogP contribution in [0.3, 0.4) is 0 Å². The van der Waals surface area contributed by atoms with Crippen molar-refractivity contribution >= 4 is 22.5 Å². The summed E-state index contributed by atoms with van der Waals surface area (Å²) < 4.78 is 12.9. The second kappa shape index (κ2) is 10.1. The number of aromatic nitrogens is 2. The van der Waals surface area contributed by atoms with E-state index in [1.165, 1.54) is 0 Å². The molecule has 1 amide bonds. The van der Waals surface area contributed by atoms with Crippen molar-refractivity contribution < 1.29 is 14.3 Å². The van der Waals surface area contributed by atoms with E-state index in [1.807, 2.05) is 65.3 Å². The topological polar surface area (TPSA) is 68.6 Å². The number of amides is 1. The van der Waals surface area contributed by atoms with Gasteiger partial charge < -0.3 is 14.8 Å². The minimum Gasteiger partial charge on any atom is -0.494 e. The van der Waals surface area contributed by atoms with Crippen molar-refractivity contribution in [2.75, 3.05) is 45.3 Å². The summed E-state index contributed by atoms with van der Waals surface area (Å²) in [5.74, 6) is 0.464. The van der Waals surface area contributed by atoms with Crippen molar-refractivity contribution in [2.24, 2.45) is 0 Å². The van der Waals surface area contributed by atoms with Gasteiger partial charge in [0.15, 0.2) is 5.69 Å². The zero-order chi connectivity index (χ0) is 23.3. The van der Waals surface area contributed by atoms with E-state index in [0.29, 0.717) is 18.0 Å². The van der Waals surface area contributed by atoms with Crippen LogP contribution in [0.25, 0.3) is 22.0 Å². The van der Waals surface area contributed by atoms with Gasteiger partial charge in [-0.2, -0.15) is 5.10 Å². The number of carbonyl (C=O) groups is 1. The number of ether oxygens (including phenoxy) is 2. The second-order valence-electron chi connectivity index (χ2n) is 8.28. The Morgan fingerprint density at radius 3 is 2.53 bits per heavy atom. The predicted octanol–water partition coefficient (Wildman–Crippen LogP) is 4.30. The first-order chi connectivity index (χ1) is 16.7. The Morgan fingerprint density at radius 2 is 1.74 bits per heavy atom. The van der Waals surface area contributed by atoms with Gasteiger partial charge in [0.1, 0.15) is 11.3 Å². The number of nitrogens with zero attached hydrogens (tertiary/aromatic N) is 3. The van der Waals surface area contributed by atoms with E-state index in [4.69, 9.17) is 14.6 Å². The number of benzene rings is 3. The first-order valence-corrected chi connectivity index (χ1v) is 11.5. The number of methoxy groups -OCH3 is 1. The van der Waals surface area contributed by atoms with Crippen molar-refractivity contribution in [2.45, 2.75) is 6.54 Å². The highest BCUT2D eigenvalue weighted by Crippen LogP contribution is 2.29. The van der Waals surface area contributed by atoms with Gasteiger partial charge in [0.25, 0.3) is 5.91 Å². The molecule has 0 saturated carbocycles. The number of para-hydroxylation sites is 1. The summed E-state index contributed by atoms with van der Waals surface area (Å²) in [5, 5.41) is 8.54. The molecule has 1 saturated heterocycles. The molecular weight excluding hydrogens is 428 g/mol. The largest absolute Gasteiger partial charge is 0.494 e. The molecule has 34 heavy (non-hydrogen) atoms. The molecule has 7 nitrogen and oxygen atoms in total. The first-order valence-electron chi connectivity index (χ1n) is 11.5. The minimum atomic E-state index is -0.242. The predicted molar refractivity (Wildman–Crippen MR) is 133 cm³/mol. The van der Waals surface area contributed by atoms with Crippen molar-refractivity contribution in [3.8, 4) is 16.9 Å². The molecule has 1 aliphatic rings. The fourth-order valence-electron chi connectivity index (χ4n) is 4.36. The van der Waals surface area contributed by atoms with Crippen molar-refractivity contribution in [1.29, 1.82) is 0 Å². The van der Waals surface area contributed by atoms with Gasteiger partial charge in [-0.15, -0.1) is 0 Å². The Labute approximate surface area is 198 Å². The molecular formula is C27H28N4O3. The molecule has 7 heteroatoms. The van der Waals surface area contributed by atoms with Crippen LogP contribution in [-0.2, 0) is 11.3 Å². The first kappa shape index (κ1) is 22.1. The van der Waals surface area contributed by atoms with Crippen LogP contribution in [0.15, 0.2) is 72.8 Å². The highest BCUT2D eigenvalue weighted by Gasteiger charge is 2.21. The van der Waals surface area contributed by atoms with Gasteiger partial charge >= 0.3 is 0 Å². The van der Waals surface area contributed by atoms with Gasteiger partial charge in [-0.3, -0.25) is 14.4 Å². The van der Waals surface area contributed by atoms with Crippen LogP contribution < -0.4 is 10.1 Å². The quantitative estimate of drug-likeness (QED) is 0.449. The molecule has 5 rings (SSSR count). The van der Waals surface area contributed by atoms with E-state index in [0.717, 1.165) is 60.6 Å². The zero-order valence-electron chi connectivity index (χ0n) is 19.2. The molecule has 0 spiro atoms. The molecule has 0 bridgehead atoms. The Balaban J connectivity index is 1.42. The molecule has 4 aromatic rings. The molecule has 1 aromatic heterocycles. The maximum atomic E-state index is 13.3. The standard InChI is InChI=1S/C27H28N4O3/c1-33-24-12-6-11-23-25(29-31(26(23)24)14-13-30-15-17-34-18-16-30)27(32)28-22-10-5-9-21(19-22)20-7-3-2-4-8-20/h2-12,19H,13-18H2,1H3,(H,28,32). The summed E-state index contributed by atoms with van der Waals surface area (Å²) in [6, 6.07) is 23.7. The van der Waals surface area contributed by atoms with E-state index in [9.17, 15) is 4.79 Å².